The number of hydrogen-bond acceptors (Lipinski definition) is 2. The Morgan fingerprint density at radius 1 is 1.58 bits per heavy atom. The molecule has 1 aromatic rings. The zero-order valence-corrected chi connectivity index (χ0v) is 8.63. The normalized spacial score (nSPS) is 16.0. The molecular weight excluding hydrogens is 216 g/mol. The van der Waals surface area contributed by atoms with E-state index < -0.39 is 0 Å². The number of aryl methyl sites for hydroxylation is 1. The van der Waals surface area contributed by atoms with Gasteiger partial charge in [-0.25, -0.2) is 4.98 Å². The molecule has 0 unspecified atom stereocenters. The van der Waals surface area contributed by atoms with Crippen LogP contribution in [0.15, 0.2) is 16.9 Å². The van der Waals surface area contributed by atoms with E-state index in [9.17, 15) is 0 Å². The standard InChI is InChI=1S/C9H11BrN2/c1-12-6-2-3-7-4-5-11-9(10)8(7)12/h4-5H,2-3,6H2,1H3. The highest BCUT2D eigenvalue weighted by Crippen LogP contribution is 2.31. The van der Waals surface area contributed by atoms with Gasteiger partial charge in [0.25, 0.3) is 0 Å². The van der Waals surface area contributed by atoms with Crippen LogP contribution in [-0.4, -0.2) is 18.6 Å². The van der Waals surface area contributed by atoms with Crippen LogP contribution < -0.4 is 4.90 Å². The topological polar surface area (TPSA) is 16.1 Å². The Balaban J connectivity index is 2.53. The van der Waals surface area contributed by atoms with Crippen molar-refractivity contribution in [1.82, 2.24) is 4.98 Å². The van der Waals surface area contributed by atoms with E-state index in [4.69, 9.17) is 0 Å². The zero-order valence-electron chi connectivity index (χ0n) is 7.05. The second-order valence-corrected chi connectivity index (χ2v) is 3.89. The third kappa shape index (κ3) is 1.22. The molecule has 0 amide bonds. The number of nitrogens with zero attached hydrogens (tertiary/aromatic N) is 2. The van der Waals surface area contributed by atoms with Crippen molar-refractivity contribution in [2.75, 3.05) is 18.5 Å². The molecule has 64 valence electrons. The fourth-order valence-electron chi connectivity index (χ4n) is 1.69. The molecule has 0 atom stereocenters. The van der Waals surface area contributed by atoms with Gasteiger partial charge >= 0.3 is 0 Å². The van der Waals surface area contributed by atoms with Crippen LogP contribution >= 0.6 is 15.9 Å². The van der Waals surface area contributed by atoms with Crippen LogP contribution in [0.25, 0.3) is 0 Å². The van der Waals surface area contributed by atoms with Crippen LogP contribution in [0.2, 0.25) is 0 Å². The van der Waals surface area contributed by atoms with Gasteiger partial charge in [-0.15, -0.1) is 0 Å². The summed E-state index contributed by atoms with van der Waals surface area (Å²) < 4.78 is 0.974. The number of aromatic nitrogens is 1. The maximum Gasteiger partial charge on any atom is 0.129 e. The maximum absolute atomic E-state index is 4.22. The van der Waals surface area contributed by atoms with Crippen LogP contribution in [0, 0.1) is 0 Å². The molecule has 0 N–H and O–H groups in total. The van der Waals surface area contributed by atoms with Gasteiger partial charge in [0.1, 0.15) is 4.60 Å². The molecule has 0 bridgehead atoms. The highest BCUT2D eigenvalue weighted by Gasteiger charge is 2.16. The minimum Gasteiger partial charge on any atom is -0.372 e. The van der Waals surface area contributed by atoms with E-state index in [2.05, 4.69) is 38.9 Å². The van der Waals surface area contributed by atoms with Crippen LogP contribution in [-0.2, 0) is 6.42 Å². The number of pyridine rings is 1. The molecule has 0 aromatic carbocycles. The largest absolute Gasteiger partial charge is 0.372 e. The lowest BCUT2D eigenvalue weighted by atomic mass is 10.1. The van der Waals surface area contributed by atoms with Gasteiger partial charge in [0, 0.05) is 19.8 Å². The van der Waals surface area contributed by atoms with Crippen LogP contribution in [0.3, 0.4) is 0 Å². The first kappa shape index (κ1) is 8.05. The summed E-state index contributed by atoms with van der Waals surface area (Å²) in [5.41, 5.74) is 2.68. The molecule has 0 spiro atoms. The molecule has 0 saturated heterocycles. The van der Waals surface area contributed by atoms with Gasteiger partial charge in [-0.05, 0) is 40.4 Å². The van der Waals surface area contributed by atoms with Crippen LogP contribution in [0.4, 0.5) is 5.69 Å². The van der Waals surface area contributed by atoms with E-state index >= 15 is 0 Å². The van der Waals surface area contributed by atoms with E-state index in [1.54, 1.807) is 0 Å². The first-order chi connectivity index (χ1) is 5.79. The van der Waals surface area contributed by atoms with Gasteiger partial charge in [-0.1, -0.05) is 0 Å². The predicted octanol–water partition coefficient (Wildman–Crippen LogP) is 2.23. The molecule has 0 aliphatic carbocycles. The second-order valence-electron chi connectivity index (χ2n) is 3.13. The summed E-state index contributed by atoms with van der Waals surface area (Å²) in [5.74, 6) is 0. The third-order valence-electron chi connectivity index (χ3n) is 2.28. The fourth-order valence-corrected chi connectivity index (χ4v) is 2.36. The van der Waals surface area contributed by atoms with E-state index in [-0.39, 0.29) is 0 Å². The summed E-state index contributed by atoms with van der Waals surface area (Å²) >= 11 is 3.47. The molecular formula is C9H11BrN2. The van der Waals surface area contributed by atoms with E-state index in [1.165, 1.54) is 24.1 Å². The van der Waals surface area contributed by atoms with E-state index in [1.807, 2.05) is 6.20 Å². The average molecular weight is 227 g/mol. The minimum absolute atomic E-state index is 0.974. The second kappa shape index (κ2) is 3.05. The van der Waals surface area contributed by atoms with Gasteiger partial charge in [0.2, 0.25) is 0 Å². The molecule has 1 aromatic heterocycles. The van der Waals surface area contributed by atoms with Gasteiger partial charge in [-0.2, -0.15) is 0 Å². The van der Waals surface area contributed by atoms with Crippen molar-refractivity contribution in [3.8, 4) is 0 Å². The highest BCUT2D eigenvalue weighted by molar-refractivity contribution is 9.10. The first-order valence-electron chi connectivity index (χ1n) is 4.13. The molecule has 12 heavy (non-hydrogen) atoms. The molecule has 0 radical (unpaired) electrons. The molecule has 1 aliphatic heterocycles. The van der Waals surface area contributed by atoms with Crippen molar-refractivity contribution in [3.05, 3.63) is 22.4 Å². The number of hydrogen-bond donors (Lipinski definition) is 0. The maximum atomic E-state index is 4.22. The van der Waals surface area contributed by atoms with Gasteiger partial charge < -0.3 is 4.90 Å². The predicted molar refractivity (Wildman–Crippen MR) is 53.5 cm³/mol. The Kier molecular flexibility index (Phi) is 2.05. The molecule has 2 nitrogen and oxygen atoms in total. The lowest BCUT2D eigenvalue weighted by molar-refractivity contribution is 0.738. The summed E-state index contributed by atoms with van der Waals surface area (Å²) in [6, 6.07) is 2.11. The Morgan fingerprint density at radius 2 is 2.42 bits per heavy atom. The van der Waals surface area contributed by atoms with Crippen LogP contribution in [0.5, 0.6) is 0 Å². The summed E-state index contributed by atoms with van der Waals surface area (Å²) in [6.45, 7) is 1.14. The van der Waals surface area contributed by atoms with E-state index in [0.29, 0.717) is 0 Å². The molecule has 0 saturated carbocycles. The minimum atomic E-state index is 0.974. The fraction of sp³-hybridized carbons (Fsp3) is 0.444. The Bertz CT molecular complexity index is 299. The summed E-state index contributed by atoms with van der Waals surface area (Å²) in [6.07, 6.45) is 4.29. The SMILES string of the molecule is CN1CCCc2ccnc(Br)c21. The molecule has 2 rings (SSSR count). The number of anilines is 1. The monoisotopic (exact) mass is 226 g/mol. The third-order valence-corrected chi connectivity index (χ3v) is 2.86. The first-order valence-corrected chi connectivity index (χ1v) is 4.93. The Labute approximate surface area is 80.7 Å². The lowest BCUT2D eigenvalue weighted by Crippen LogP contribution is -2.25. The molecule has 3 heteroatoms. The van der Waals surface area contributed by atoms with Crippen molar-refractivity contribution < 1.29 is 0 Å². The van der Waals surface area contributed by atoms with Crippen molar-refractivity contribution in [2.45, 2.75) is 12.8 Å². The number of fused-ring (bicyclic) bond motifs is 1. The van der Waals surface area contributed by atoms with Gasteiger partial charge in [0.05, 0.1) is 5.69 Å². The number of rotatable bonds is 0. The number of halogens is 1. The summed E-state index contributed by atoms with van der Waals surface area (Å²) in [4.78, 5) is 6.48. The quantitative estimate of drug-likeness (QED) is 0.632. The Hall–Kier alpha value is -0.570. The molecule has 2 heterocycles. The van der Waals surface area contributed by atoms with Gasteiger partial charge in [-0.3, -0.25) is 0 Å². The highest BCUT2D eigenvalue weighted by atomic mass is 79.9. The van der Waals surface area contributed by atoms with Crippen molar-refractivity contribution >= 4 is 21.6 Å². The zero-order chi connectivity index (χ0) is 8.55. The summed E-state index contributed by atoms with van der Waals surface area (Å²) in [5, 5.41) is 0. The summed E-state index contributed by atoms with van der Waals surface area (Å²) in [7, 11) is 2.12. The van der Waals surface area contributed by atoms with Crippen molar-refractivity contribution in [1.29, 1.82) is 0 Å². The van der Waals surface area contributed by atoms with Crippen LogP contribution in [0.1, 0.15) is 12.0 Å². The van der Waals surface area contributed by atoms with Crippen molar-refractivity contribution in [3.63, 3.8) is 0 Å². The van der Waals surface area contributed by atoms with Crippen molar-refractivity contribution in [2.24, 2.45) is 0 Å². The van der Waals surface area contributed by atoms with E-state index in [0.717, 1.165) is 11.1 Å². The molecule has 0 fully saturated rings. The smallest absolute Gasteiger partial charge is 0.129 e. The average Bonchev–Trinajstić information content (AvgIpc) is 2.04. The Morgan fingerprint density at radius 3 is 3.17 bits per heavy atom. The van der Waals surface area contributed by atoms with Gasteiger partial charge in [0.15, 0.2) is 0 Å². The molecule has 1 aliphatic rings. The lowest BCUT2D eigenvalue weighted by Gasteiger charge is -2.27.